The lowest BCUT2D eigenvalue weighted by molar-refractivity contribution is 1.12. The molecule has 0 fully saturated rings. The number of aromatic nitrogens is 2. The molecule has 0 radical (unpaired) electrons. The van der Waals surface area contributed by atoms with Gasteiger partial charge in [0, 0.05) is 5.69 Å². The molecule has 0 spiro atoms. The van der Waals surface area contributed by atoms with E-state index in [9.17, 15) is 0 Å². The second kappa shape index (κ2) is 2.39. The zero-order valence-corrected chi connectivity index (χ0v) is 8.09. The van der Waals surface area contributed by atoms with Gasteiger partial charge in [0.15, 0.2) is 4.73 Å². The minimum Gasteiger partial charge on any atom is -0.307 e. The molecule has 1 rings (SSSR count). The van der Waals surface area contributed by atoms with Crippen molar-refractivity contribution in [3.63, 3.8) is 0 Å². The average molecular weight is 207 g/mol. The Labute approximate surface area is 65.1 Å². The standard InChI is InChI=1S/C5H8BrN2P/c1-3-4(2)8(9)5(6)7-3/h9H2,1-2H3. The second-order valence-electron chi connectivity index (χ2n) is 1.92. The van der Waals surface area contributed by atoms with Crippen LogP contribution >= 0.6 is 25.3 Å². The molecule has 0 N–H and O–H groups in total. The Hall–Kier alpha value is 0.120. The van der Waals surface area contributed by atoms with Crippen LogP contribution in [0, 0.1) is 13.8 Å². The highest BCUT2D eigenvalue weighted by Crippen LogP contribution is 2.17. The Kier molecular flexibility index (Phi) is 1.92. The van der Waals surface area contributed by atoms with E-state index in [-0.39, 0.29) is 0 Å². The lowest BCUT2D eigenvalue weighted by Crippen LogP contribution is -1.81. The molecule has 4 heteroatoms. The van der Waals surface area contributed by atoms with Gasteiger partial charge in [-0.25, -0.2) is 4.98 Å². The number of hydrogen-bond acceptors (Lipinski definition) is 1. The van der Waals surface area contributed by atoms with Crippen molar-refractivity contribution in [2.45, 2.75) is 13.8 Å². The van der Waals surface area contributed by atoms with Gasteiger partial charge >= 0.3 is 0 Å². The van der Waals surface area contributed by atoms with Crippen LogP contribution in [0.25, 0.3) is 0 Å². The number of imidazole rings is 1. The van der Waals surface area contributed by atoms with Crippen LogP contribution in [-0.2, 0) is 0 Å². The fourth-order valence-electron chi connectivity index (χ4n) is 0.586. The van der Waals surface area contributed by atoms with Gasteiger partial charge in [0.1, 0.15) is 0 Å². The molecule has 0 aliphatic heterocycles. The summed E-state index contributed by atoms with van der Waals surface area (Å²) in [5.41, 5.74) is 2.24. The van der Waals surface area contributed by atoms with E-state index < -0.39 is 0 Å². The third-order valence-corrected chi connectivity index (χ3v) is 2.91. The normalized spacial score (nSPS) is 10.2. The summed E-state index contributed by atoms with van der Waals surface area (Å²) in [6, 6.07) is 0. The highest BCUT2D eigenvalue weighted by Gasteiger charge is 2.02. The molecule has 1 aromatic heterocycles. The van der Waals surface area contributed by atoms with Gasteiger partial charge in [0.05, 0.1) is 5.69 Å². The van der Waals surface area contributed by atoms with Crippen LogP contribution in [0.15, 0.2) is 4.73 Å². The van der Waals surface area contributed by atoms with Gasteiger partial charge in [0.25, 0.3) is 0 Å². The van der Waals surface area contributed by atoms with Gasteiger partial charge in [-0.15, -0.1) is 0 Å². The number of hydrogen-bond donors (Lipinski definition) is 0. The predicted octanol–water partition coefficient (Wildman–Crippen LogP) is 1.90. The average Bonchev–Trinajstić information content (AvgIpc) is 1.98. The third kappa shape index (κ3) is 1.17. The van der Waals surface area contributed by atoms with E-state index >= 15 is 0 Å². The van der Waals surface area contributed by atoms with Crippen LogP contribution in [-0.4, -0.2) is 9.32 Å². The molecule has 2 nitrogen and oxygen atoms in total. The maximum Gasteiger partial charge on any atom is 0.180 e. The SMILES string of the molecule is Cc1nc(Br)n(P)c1C. The molecule has 0 bridgehead atoms. The molecule has 0 saturated heterocycles. The van der Waals surface area contributed by atoms with Gasteiger partial charge in [-0.2, -0.15) is 0 Å². The molecule has 0 saturated carbocycles. The van der Waals surface area contributed by atoms with Crippen molar-refractivity contribution < 1.29 is 0 Å². The Bertz CT molecular complexity index is 209. The van der Waals surface area contributed by atoms with Crippen molar-refractivity contribution in [1.82, 2.24) is 9.32 Å². The van der Waals surface area contributed by atoms with Crippen LogP contribution in [0.5, 0.6) is 0 Å². The first-order valence-electron chi connectivity index (χ1n) is 2.59. The largest absolute Gasteiger partial charge is 0.307 e. The van der Waals surface area contributed by atoms with Crippen molar-refractivity contribution in [2.75, 3.05) is 0 Å². The quantitative estimate of drug-likeness (QED) is 0.594. The predicted molar refractivity (Wildman–Crippen MR) is 44.5 cm³/mol. The van der Waals surface area contributed by atoms with Crippen LogP contribution in [0.4, 0.5) is 0 Å². The third-order valence-electron chi connectivity index (χ3n) is 1.34. The molecule has 0 aromatic carbocycles. The zero-order valence-electron chi connectivity index (χ0n) is 5.35. The first-order valence-corrected chi connectivity index (χ1v) is 3.90. The van der Waals surface area contributed by atoms with Crippen LogP contribution in [0.2, 0.25) is 0 Å². The number of nitrogens with zero attached hydrogens (tertiary/aromatic N) is 2. The molecule has 0 aliphatic carbocycles. The van der Waals surface area contributed by atoms with E-state index in [0.29, 0.717) is 0 Å². The molecule has 1 heterocycles. The minimum absolute atomic E-state index is 0.863. The zero-order chi connectivity index (χ0) is 7.02. The fraction of sp³-hybridized carbons (Fsp3) is 0.400. The summed E-state index contributed by atoms with van der Waals surface area (Å²) in [4.78, 5) is 4.17. The Morgan fingerprint density at radius 1 is 1.56 bits per heavy atom. The van der Waals surface area contributed by atoms with Crippen molar-refractivity contribution in [2.24, 2.45) is 0 Å². The first kappa shape index (κ1) is 7.23. The molecule has 1 unspecified atom stereocenters. The van der Waals surface area contributed by atoms with Gasteiger partial charge in [-0.05, 0) is 39.2 Å². The molecule has 1 aromatic rings. The topological polar surface area (TPSA) is 17.8 Å². The van der Waals surface area contributed by atoms with E-state index in [4.69, 9.17) is 0 Å². The van der Waals surface area contributed by atoms with Crippen LogP contribution < -0.4 is 0 Å². The number of aryl methyl sites for hydroxylation is 1. The van der Waals surface area contributed by atoms with Crippen molar-refractivity contribution in [3.05, 3.63) is 16.1 Å². The van der Waals surface area contributed by atoms with Crippen molar-refractivity contribution in [3.8, 4) is 0 Å². The summed E-state index contributed by atoms with van der Waals surface area (Å²) in [5.74, 6) is 0. The lowest BCUT2D eigenvalue weighted by atomic mass is 10.4. The maximum atomic E-state index is 4.17. The summed E-state index contributed by atoms with van der Waals surface area (Å²) < 4.78 is 2.79. The molecule has 9 heavy (non-hydrogen) atoms. The Morgan fingerprint density at radius 3 is 2.22 bits per heavy atom. The highest BCUT2D eigenvalue weighted by atomic mass is 79.9. The van der Waals surface area contributed by atoms with E-state index in [1.165, 1.54) is 5.69 Å². The molecule has 1 atom stereocenters. The lowest BCUT2D eigenvalue weighted by Gasteiger charge is -1.93. The van der Waals surface area contributed by atoms with Crippen LogP contribution in [0.1, 0.15) is 11.4 Å². The smallest absolute Gasteiger partial charge is 0.180 e. The first-order chi connectivity index (χ1) is 4.13. The molecular formula is C5H8BrN2P. The maximum absolute atomic E-state index is 4.17. The Balaban J connectivity index is 3.29. The summed E-state index contributed by atoms with van der Waals surface area (Å²) >= 11 is 3.30. The number of halogens is 1. The summed E-state index contributed by atoms with van der Waals surface area (Å²) in [7, 11) is 2.57. The van der Waals surface area contributed by atoms with Gasteiger partial charge in [0.2, 0.25) is 0 Å². The van der Waals surface area contributed by atoms with Crippen LogP contribution in [0.3, 0.4) is 0 Å². The highest BCUT2D eigenvalue weighted by molar-refractivity contribution is 9.10. The van der Waals surface area contributed by atoms with Crippen molar-refractivity contribution >= 4 is 25.3 Å². The summed E-state index contributed by atoms with van der Waals surface area (Å²) in [6.07, 6.45) is 0. The van der Waals surface area contributed by atoms with E-state index in [2.05, 4.69) is 30.3 Å². The molecule has 0 amide bonds. The second-order valence-corrected chi connectivity index (χ2v) is 3.15. The monoisotopic (exact) mass is 206 g/mol. The van der Waals surface area contributed by atoms with Gasteiger partial charge < -0.3 is 4.34 Å². The van der Waals surface area contributed by atoms with E-state index in [0.717, 1.165) is 10.4 Å². The fourth-order valence-corrected chi connectivity index (χ4v) is 1.36. The van der Waals surface area contributed by atoms with Gasteiger partial charge in [-0.3, -0.25) is 0 Å². The van der Waals surface area contributed by atoms with E-state index in [1.54, 1.807) is 0 Å². The molecule has 50 valence electrons. The Morgan fingerprint density at radius 2 is 2.11 bits per heavy atom. The van der Waals surface area contributed by atoms with E-state index in [1.807, 2.05) is 18.2 Å². The molecular weight excluding hydrogens is 199 g/mol. The van der Waals surface area contributed by atoms with Gasteiger partial charge in [-0.1, -0.05) is 0 Å². The summed E-state index contributed by atoms with van der Waals surface area (Å²) in [5, 5.41) is 0. The minimum atomic E-state index is 0.863. The summed E-state index contributed by atoms with van der Waals surface area (Å²) in [6.45, 7) is 4.01. The van der Waals surface area contributed by atoms with Crippen molar-refractivity contribution in [1.29, 1.82) is 0 Å². The number of rotatable bonds is 0. The molecule has 0 aliphatic rings.